The molecule has 2 rings (SSSR count). The molecule has 116 valence electrons. The van der Waals surface area contributed by atoms with E-state index in [4.69, 9.17) is 9.47 Å². The van der Waals surface area contributed by atoms with E-state index >= 15 is 0 Å². The number of rotatable bonds is 6. The van der Waals surface area contributed by atoms with Crippen molar-refractivity contribution in [2.75, 3.05) is 20.3 Å². The number of methoxy groups -OCH3 is 1. The van der Waals surface area contributed by atoms with Crippen LogP contribution in [0.15, 0.2) is 46.9 Å². The molecule has 5 heteroatoms. The Bertz CT molecular complexity index is 658. The Morgan fingerprint density at radius 3 is 2.73 bits per heavy atom. The first-order valence-electron chi connectivity index (χ1n) is 6.91. The largest absolute Gasteiger partial charge is 0.493 e. The molecule has 0 saturated carbocycles. The Labute approximate surface area is 138 Å². The molecule has 0 fully saturated rings. The number of ether oxygens (including phenoxy) is 2. The standard InChI is InChI=1S/C17H18BrNO3/c1-12-6-7-15(16(10-12)21-2)22-9-8-19-17(20)13-4-3-5-14(18)11-13/h3-7,10-11H,8-9H2,1-2H3,(H,19,20). The first-order chi connectivity index (χ1) is 10.6. The van der Waals surface area contributed by atoms with Gasteiger partial charge in [-0.2, -0.15) is 0 Å². The van der Waals surface area contributed by atoms with Crippen LogP contribution in [0.2, 0.25) is 0 Å². The second kappa shape index (κ2) is 7.84. The van der Waals surface area contributed by atoms with E-state index in [1.54, 1.807) is 19.2 Å². The van der Waals surface area contributed by atoms with Gasteiger partial charge in [0, 0.05) is 10.0 Å². The third-order valence-electron chi connectivity index (χ3n) is 3.05. The molecule has 22 heavy (non-hydrogen) atoms. The van der Waals surface area contributed by atoms with Gasteiger partial charge in [-0.15, -0.1) is 0 Å². The van der Waals surface area contributed by atoms with Crippen molar-refractivity contribution in [1.29, 1.82) is 0 Å². The molecular weight excluding hydrogens is 346 g/mol. The van der Waals surface area contributed by atoms with Gasteiger partial charge in [0.15, 0.2) is 11.5 Å². The molecule has 1 amide bonds. The van der Waals surface area contributed by atoms with Crippen LogP contribution in [0.3, 0.4) is 0 Å². The highest BCUT2D eigenvalue weighted by molar-refractivity contribution is 9.10. The van der Waals surface area contributed by atoms with Gasteiger partial charge < -0.3 is 14.8 Å². The smallest absolute Gasteiger partial charge is 0.251 e. The van der Waals surface area contributed by atoms with Crippen LogP contribution in [0.4, 0.5) is 0 Å². The van der Waals surface area contributed by atoms with E-state index in [1.165, 1.54) is 0 Å². The highest BCUT2D eigenvalue weighted by Gasteiger charge is 2.06. The Morgan fingerprint density at radius 1 is 1.18 bits per heavy atom. The van der Waals surface area contributed by atoms with Crippen molar-refractivity contribution in [2.45, 2.75) is 6.92 Å². The molecule has 0 saturated heterocycles. The summed E-state index contributed by atoms with van der Waals surface area (Å²) in [7, 11) is 1.61. The molecule has 4 nitrogen and oxygen atoms in total. The fourth-order valence-electron chi connectivity index (χ4n) is 1.95. The van der Waals surface area contributed by atoms with E-state index in [0.29, 0.717) is 30.2 Å². The molecule has 0 heterocycles. The number of hydrogen-bond acceptors (Lipinski definition) is 3. The van der Waals surface area contributed by atoms with Crippen LogP contribution in [0.1, 0.15) is 15.9 Å². The highest BCUT2D eigenvalue weighted by Crippen LogP contribution is 2.27. The lowest BCUT2D eigenvalue weighted by Crippen LogP contribution is -2.28. The van der Waals surface area contributed by atoms with Crippen LogP contribution < -0.4 is 14.8 Å². The van der Waals surface area contributed by atoms with Gasteiger partial charge in [0.05, 0.1) is 13.7 Å². The maximum atomic E-state index is 12.0. The van der Waals surface area contributed by atoms with Crippen molar-refractivity contribution in [3.63, 3.8) is 0 Å². The number of halogens is 1. The van der Waals surface area contributed by atoms with Gasteiger partial charge in [0.1, 0.15) is 6.61 Å². The molecule has 2 aromatic rings. The van der Waals surface area contributed by atoms with E-state index in [0.717, 1.165) is 10.0 Å². The number of carbonyl (C=O) groups excluding carboxylic acids is 1. The average molecular weight is 364 g/mol. The fourth-order valence-corrected chi connectivity index (χ4v) is 2.35. The zero-order valence-corrected chi connectivity index (χ0v) is 14.1. The third kappa shape index (κ3) is 4.49. The molecule has 0 aliphatic carbocycles. The molecule has 0 radical (unpaired) electrons. The molecule has 1 N–H and O–H groups in total. The maximum absolute atomic E-state index is 12.0. The van der Waals surface area contributed by atoms with Gasteiger partial charge >= 0.3 is 0 Å². The Morgan fingerprint density at radius 2 is 2.00 bits per heavy atom. The minimum atomic E-state index is -0.124. The van der Waals surface area contributed by atoms with E-state index in [-0.39, 0.29) is 5.91 Å². The number of carbonyl (C=O) groups is 1. The number of nitrogens with one attached hydrogen (secondary N) is 1. The Hall–Kier alpha value is -2.01. The Kier molecular flexibility index (Phi) is 5.83. The predicted octanol–water partition coefficient (Wildman–Crippen LogP) is 3.57. The van der Waals surface area contributed by atoms with Gasteiger partial charge in [-0.05, 0) is 42.8 Å². The molecule has 0 aliphatic heterocycles. The summed E-state index contributed by atoms with van der Waals surface area (Å²) in [6.45, 7) is 2.78. The number of hydrogen-bond donors (Lipinski definition) is 1. The monoisotopic (exact) mass is 363 g/mol. The number of amides is 1. The third-order valence-corrected chi connectivity index (χ3v) is 3.54. The van der Waals surface area contributed by atoms with Gasteiger partial charge in [0.2, 0.25) is 0 Å². The summed E-state index contributed by atoms with van der Waals surface area (Å²) in [6.07, 6.45) is 0. The van der Waals surface area contributed by atoms with Gasteiger partial charge in [-0.25, -0.2) is 0 Å². The Balaban J connectivity index is 1.83. The molecule has 0 aromatic heterocycles. The highest BCUT2D eigenvalue weighted by atomic mass is 79.9. The SMILES string of the molecule is COc1cc(C)ccc1OCCNC(=O)c1cccc(Br)c1. The summed E-state index contributed by atoms with van der Waals surface area (Å²) >= 11 is 3.35. The van der Waals surface area contributed by atoms with Crippen molar-refractivity contribution in [2.24, 2.45) is 0 Å². The second-order valence-electron chi connectivity index (χ2n) is 4.77. The normalized spacial score (nSPS) is 10.1. The minimum Gasteiger partial charge on any atom is -0.493 e. The van der Waals surface area contributed by atoms with Crippen LogP contribution in [0.25, 0.3) is 0 Å². The molecule has 0 unspecified atom stereocenters. The van der Waals surface area contributed by atoms with E-state index in [2.05, 4.69) is 21.2 Å². The number of benzene rings is 2. The lowest BCUT2D eigenvalue weighted by atomic mass is 10.2. The van der Waals surface area contributed by atoms with Crippen LogP contribution in [0, 0.1) is 6.92 Å². The summed E-state index contributed by atoms with van der Waals surface area (Å²) in [6, 6.07) is 13.0. The summed E-state index contributed by atoms with van der Waals surface area (Å²) < 4.78 is 11.8. The van der Waals surface area contributed by atoms with Gasteiger partial charge in [-0.1, -0.05) is 28.1 Å². The van der Waals surface area contributed by atoms with Crippen molar-refractivity contribution < 1.29 is 14.3 Å². The lowest BCUT2D eigenvalue weighted by molar-refractivity contribution is 0.0946. The summed E-state index contributed by atoms with van der Waals surface area (Å²) in [4.78, 5) is 12.0. The first kappa shape index (κ1) is 16.4. The van der Waals surface area contributed by atoms with Crippen LogP contribution >= 0.6 is 15.9 Å². The van der Waals surface area contributed by atoms with Crippen molar-refractivity contribution >= 4 is 21.8 Å². The van der Waals surface area contributed by atoms with Crippen LogP contribution in [-0.2, 0) is 0 Å². The average Bonchev–Trinajstić information content (AvgIpc) is 2.52. The van der Waals surface area contributed by atoms with E-state index in [9.17, 15) is 4.79 Å². The van der Waals surface area contributed by atoms with Crippen LogP contribution in [-0.4, -0.2) is 26.2 Å². The summed E-state index contributed by atoms with van der Waals surface area (Å²) in [5.74, 6) is 1.24. The molecule has 0 aliphatic rings. The quantitative estimate of drug-likeness (QED) is 0.798. The van der Waals surface area contributed by atoms with Gasteiger partial charge in [0.25, 0.3) is 5.91 Å². The summed E-state index contributed by atoms with van der Waals surface area (Å²) in [5, 5.41) is 2.82. The fraction of sp³-hybridized carbons (Fsp3) is 0.235. The predicted molar refractivity (Wildman–Crippen MR) is 89.7 cm³/mol. The second-order valence-corrected chi connectivity index (χ2v) is 5.68. The van der Waals surface area contributed by atoms with E-state index in [1.807, 2.05) is 37.3 Å². The number of aryl methyl sites for hydroxylation is 1. The van der Waals surface area contributed by atoms with Gasteiger partial charge in [-0.3, -0.25) is 4.79 Å². The zero-order valence-electron chi connectivity index (χ0n) is 12.6. The lowest BCUT2D eigenvalue weighted by Gasteiger charge is -2.12. The van der Waals surface area contributed by atoms with Crippen molar-refractivity contribution in [3.05, 3.63) is 58.1 Å². The van der Waals surface area contributed by atoms with E-state index < -0.39 is 0 Å². The topological polar surface area (TPSA) is 47.6 Å². The minimum absolute atomic E-state index is 0.124. The van der Waals surface area contributed by atoms with Crippen molar-refractivity contribution in [1.82, 2.24) is 5.32 Å². The molecule has 2 aromatic carbocycles. The first-order valence-corrected chi connectivity index (χ1v) is 7.70. The molecule has 0 atom stereocenters. The van der Waals surface area contributed by atoms with Crippen molar-refractivity contribution in [3.8, 4) is 11.5 Å². The van der Waals surface area contributed by atoms with Crippen LogP contribution in [0.5, 0.6) is 11.5 Å². The maximum Gasteiger partial charge on any atom is 0.251 e. The molecular formula is C17H18BrNO3. The zero-order chi connectivity index (χ0) is 15.9. The summed E-state index contributed by atoms with van der Waals surface area (Å²) in [5.41, 5.74) is 1.72. The molecule has 0 bridgehead atoms. The molecule has 0 spiro atoms.